The molecule has 2 aromatic rings. The summed E-state index contributed by atoms with van der Waals surface area (Å²) in [6.07, 6.45) is -5.00. The number of hydrogen-bond acceptors (Lipinski definition) is 7. The summed E-state index contributed by atoms with van der Waals surface area (Å²) in [7, 11) is 2.10. The van der Waals surface area contributed by atoms with Gasteiger partial charge in [0.15, 0.2) is 23.2 Å². The van der Waals surface area contributed by atoms with Gasteiger partial charge in [-0.2, -0.15) is 13.2 Å². The Morgan fingerprint density at radius 2 is 1.57 bits per heavy atom. The lowest BCUT2D eigenvalue weighted by molar-refractivity contribution is -0.140. The fourth-order valence-electron chi connectivity index (χ4n) is 3.07. The van der Waals surface area contributed by atoms with Crippen molar-refractivity contribution in [2.24, 2.45) is 0 Å². The van der Waals surface area contributed by atoms with Gasteiger partial charge in [-0.1, -0.05) is 0 Å². The maximum Gasteiger partial charge on any atom is 0.416 e. The number of halogens is 7. The summed E-state index contributed by atoms with van der Waals surface area (Å²) < 4.78 is 101. The van der Waals surface area contributed by atoms with Crippen molar-refractivity contribution < 1.29 is 54.9 Å². The molecule has 0 aliphatic carbocycles. The van der Waals surface area contributed by atoms with Gasteiger partial charge in [0.2, 0.25) is 0 Å². The fraction of sp³-hybridized carbons (Fsp3) is 0.238. The SMILES string of the molecule is COC(=O)C1=C(C(=O)OC)N(c2cc(Br)c(Oc3c(F)cc(C(F)(F)F)cc3F)cc2F)COC1. The summed E-state index contributed by atoms with van der Waals surface area (Å²) in [6.45, 7) is -0.722. The second kappa shape index (κ2) is 10.2. The van der Waals surface area contributed by atoms with Crippen LogP contribution in [0.4, 0.5) is 32.0 Å². The van der Waals surface area contributed by atoms with E-state index in [1.807, 2.05) is 0 Å². The molecule has 0 bridgehead atoms. The molecule has 0 unspecified atom stereocenters. The molecule has 2 aromatic carbocycles. The van der Waals surface area contributed by atoms with E-state index in [0.29, 0.717) is 6.07 Å². The zero-order valence-corrected chi connectivity index (χ0v) is 19.4. The van der Waals surface area contributed by atoms with Crippen LogP contribution in [0.1, 0.15) is 5.56 Å². The molecule has 1 aliphatic heterocycles. The first kappa shape index (κ1) is 26.3. The summed E-state index contributed by atoms with van der Waals surface area (Å²) in [5, 5.41) is 0. The summed E-state index contributed by atoms with van der Waals surface area (Å²) >= 11 is 3.02. The van der Waals surface area contributed by atoms with Gasteiger partial charge < -0.3 is 23.8 Å². The van der Waals surface area contributed by atoms with Gasteiger partial charge >= 0.3 is 18.1 Å². The average molecular weight is 570 g/mol. The first-order valence-corrected chi connectivity index (χ1v) is 10.2. The number of carbonyl (C=O) groups excluding carboxylic acids is 2. The molecule has 188 valence electrons. The highest BCUT2D eigenvalue weighted by Gasteiger charge is 2.35. The monoisotopic (exact) mass is 569 g/mol. The lowest BCUT2D eigenvalue weighted by Crippen LogP contribution is -2.39. The average Bonchev–Trinajstić information content (AvgIpc) is 2.80. The Bertz CT molecular complexity index is 1190. The Morgan fingerprint density at radius 3 is 2.11 bits per heavy atom. The number of esters is 2. The van der Waals surface area contributed by atoms with Gasteiger partial charge in [-0.15, -0.1) is 0 Å². The molecule has 7 nitrogen and oxygen atoms in total. The molecule has 35 heavy (non-hydrogen) atoms. The van der Waals surface area contributed by atoms with Crippen LogP contribution in [0.5, 0.6) is 11.5 Å². The van der Waals surface area contributed by atoms with E-state index in [0.717, 1.165) is 25.2 Å². The predicted molar refractivity (Wildman–Crippen MR) is 110 cm³/mol. The van der Waals surface area contributed by atoms with Crippen molar-refractivity contribution in [1.82, 2.24) is 0 Å². The molecule has 3 rings (SSSR count). The molecule has 14 heteroatoms. The van der Waals surface area contributed by atoms with Gasteiger partial charge in [-0.25, -0.2) is 22.8 Å². The van der Waals surface area contributed by atoms with Crippen molar-refractivity contribution in [2.75, 3.05) is 32.5 Å². The van der Waals surface area contributed by atoms with E-state index in [4.69, 9.17) is 9.47 Å². The molecule has 0 radical (unpaired) electrons. The van der Waals surface area contributed by atoms with Gasteiger partial charge in [0.1, 0.15) is 18.2 Å². The number of rotatable bonds is 5. The van der Waals surface area contributed by atoms with Crippen LogP contribution in [-0.2, 0) is 30.0 Å². The van der Waals surface area contributed by atoms with Crippen molar-refractivity contribution in [3.8, 4) is 11.5 Å². The minimum absolute atomic E-state index is 0.0316. The second-order valence-corrected chi connectivity index (χ2v) is 7.67. The topological polar surface area (TPSA) is 74.3 Å². The van der Waals surface area contributed by atoms with Gasteiger partial charge in [0.25, 0.3) is 0 Å². The van der Waals surface area contributed by atoms with Gasteiger partial charge in [-0.3, -0.25) is 0 Å². The molecule has 0 atom stereocenters. The molecular weight excluding hydrogens is 556 g/mol. The number of carbonyl (C=O) groups is 2. The fourth-order valence-corrected chi connectivity index (χ4v) is 3.48. The van der Waals surface area contributed by atoms with E-state index in [1.54, 1.807) is 0 Å². The van der Waals surface area contributed by atoms with Crippen LogP contribution < -0.4 is 9.64 Å². The molecule has 0 spiro atoms. The van der Waals surface area contributed by atoms with Crippen molar-refractivity contribution in [2.45, 2.75) is 6.18 Å². The molecule has 0 saturated heterocycles. The number of benzene rings is 2. The van der Waals surface area contributed by atoms with E-state index in [2.05, 4.69) is 25.4 Å². The van der Waals surface area contributed by atoms with Crippen LogP contribution in [0.25, 0.3) is 0 Å². The minimum Gasteiger partial charge on any atom is -0.466 e. The maximum atomic E-state index is 15.1. The molecule has 0 N–H and O–H groups in total. The first-order valence-electron chi connectivity index (χ1n) is 9.37. The third kappa shape index (κ3) is 5.37. The third-order valence-electron chi connectivity index (χ3n) is 4.66. The van der Waals surface area contributed by atoms with Crippen LogP contribution in [0.2, 0.25) is 0 Å². The van der Waals surface area contributed by atoms with Crippen LogP contribution >= 0.6 is 15.9 Å². The van der Waals surface area contributed by atoms with Crippen LogP contribution in [0.3, 0.4) is 0 Å². The number of nitrogens with zero attached hydrogens (tertiary/aromatic N) is 1. The van der Waals surface area contributed by atoms with E-state index in [1.165, 1.54) is 0 Å². The molecule has 0 saturated carbocycles. The van der Waals surface area contributed by atoms with Crippen LogP contribution in [0.15, 0.2) is 40.0 Å². The second-order valence-electron chi connectivity index (χ2n) is 6.82. The summed E-state index contributed by atoms with van der Waals surface area (Å²) in [4.78, 5) is 25.4. The Kier molecular flexibility index (Phi) is 7.65. The molecule has 1 heterocycles. The molecular formula is C21H14BrF6NO6. The van der Waals surface area contributed by atoms with Crippen molar-refractivity contribution >= 4 is 33.6 Å². The Hall–Kier alpha value is -3.26. The quantitative estimate of drug-likeness (QED) is 0.367. The number of methoxy groups -OCH3 is 2. The predicted octanol–water partition coefficient (Wildman–Crippen LogP) is 5.07. The normalized spacial score (nSPS) is 14.1. The molecule has 0 aromatic heterocycles. The molecule has 0 amide bonds. The van der Waals surface area contributed by atoms with Gasteiger partial charge in [-0.05, 0) is 34.1 Å². The number of ether oxygens (including phenoxy) is 4. The van der Waals surface area contributed by atoms with E-state index in [-0.39, 0.29) is 40.2 Å². The number of hydrogen-bond donors (Lipinski definition) is 0. The Labute approximate surface area is 201 Å². The van der Waals surface area contributed by atoms with E-state index in [9.17, 15) is 31.5 Å². The highest BCUT2D eigenvalue weighted by molar-refractivity contribution is 9.10. The minimum atomic E-state index is -5.00. The smallest absolute Gasteiger partial charge is 0.416 e. The van der Waals surface area contributed by atoms with E-state index < -0.39 is 59.4 Å². The van der Waals surface area contributed by atoms with Crippen LogP contribution in [-0.4, -0.2) is 39.5 Å². The standard InChI is InChI=1S/C21H14BrF6NO6/c1-32-19(30)10-7-34-8-29(17(10)20(31)33-2)15-5-11(22)16(6-12(15)23)35-18-13(24)3-9(4-14(18)25)21(26,27)28/h3-6H,7-8H2,1-2H3. The number of anilines is 1. The zero-order chi connectivity index (χ0) is 26.1. The summed E-state index contributed by atoms with van der Waals surface area (Å²) in [5.74, 6) is -8.07. The molecule has 0 fully saturated rings. The Morgan fingerprint density at radius 1 is 0.971 bits per heavy atom. The first-order chi connectivity index (χ1) is 16.4. The van der Waals surface area contributed by atoms with Crippen molar-refractivity contribution in [3.05, 3.63) is 63.0 Å². The zero-order valence-electron chi connectivity index (χ0n) is 17.8. The van der Waals surface area contributed by atoms with Crippen LogP contribution in [0, 0.1) is 17.5 Å². The maximum absolute atomic E-state index is 15.1. The Balaban J connectivity index is 2.03. The lowest BCUT2D eigenvalue weighted by Gasteiger charge is -2.31. The van der Waals surface area contributed by atoms with Crippen molar-refractivity contribution in [1.29, 1.82) is 0 Å². The number of alkyl halides is 3. The third-order valence-corrected chi connectivity index (χ3v) is 5.28. The molecule has 1 aliphatic rings. The largest absolute Gasteiger partial charge is 0.466 e. The van der Waals surface area contributed by atoms with E-state index >= 15 is 4.39 Å². The van der Waals surface area contributed by atoms with Crippen molar-refractivity contribution in [3.63, 3.8) is 0 Å². The van der Waals surface area contributed by atoms with Gasteiger partial charge in [0.05, 0.1) is 42.1 Å². The summed E-state index contributed by atoms with van der Waals surface area (Å²) in [6, 6.07) is 1.77. The lowest BCUT2D eigenvalue weighted by atomic mass is 10.1. The highest BCUT2D eigenvalue weighted by Crippen LogP contribution is 2.40. The highest BCUT2D eigenvalue weighted by atomic mass is 79.9. The van der Waals surface area contributed by atoms with Gasteiger partial charge in [0, 0.05) is 6.07 Å². The summed E-state index contributed by atoms with van der Waals surface area (Å²) in [5.41, 5.74) is -2.53.